The Kier molecular flexibility index (Phi) is 5.14. The number of benzene rings is 2. The van der Waals surface area contributed by atoms with Gasteiger partial charge in [-0.25, -0.2) is 4.79 Å². The number of hydrogen-bond donors (Lipinski definition) is 0. The molecule has 0 bridgehead atoms. The van der Waals surface area contributed by atoms with Crippen molar-refractivity contribution in [2.45, 2.75) is 13.5 Å². The Bertz CT molecular complexity index is 1180. The average Bonchev–Trinajstić information content (AvgIpc) is 3.35. The van der Waals surface area contributed by atoms with Crippen LogP contribution in [0.4, 0.5) is 5.69 Å². The van der Waals surface area contributed by atoms with E-state index in [0.29, 0.717) is 12.2 Å². The summed E-state index contributed by atoms with van der Waals surface area (Å²) in [6.45, 7) is 2.46. The number of aromatic nitrogens is 1. The SMILES string of the molecule is CCOC(=O)c1c(-c2cccs2)c2ccccc2n1Cc1ccc([N+](=O)[O-])cc1. The zero-order valence-corrected chi connectivity index (χ0v) is 16.5. The van der Waals surface area contributed by atoms with Gasteiger partial charge < -0.3 is 9.30 Å². The molecule has 0 spiro atoms. The summed E-state index contributed by atoms with van der Waals surface area (Å²) < 4.78 is 7.31. The fourth-order valence-corrected chi connectivity index (χ4v) is 4.24. The molecule has 0 saturated heterocycles. The first-order valence-electron chi connectivity index (χ1n) is 9.15. The van der Waals surface area contributed by atoms with E-state index in [-0.39, 0.29) is 18.3 Å². The largest absolute Gasteiger partial charge is 0.461 e. The van der Waals surface area contributed by atoms with Crippen molar-refractivity contribution in [3.63, 3.8) is 0 Å². The maximum atomic E-state index is 13.0. The minimum atomic E-state index is -0.423. The summed E-state index contributed by atoms with van der Waals surface area (Å²) in [5, 5.41) is 13.9. The zero-order chi connectivity index (χ0) is 20.4. The molecular formula is C22H18N2O4S. The van der Waals surface area contributed by atoms with Crippen LogP contribution in [0.1, 0.15) is 23.0 Å². The Labute approximate surface area is 171 Å². The minimum Gasteiger partial charge on any atom is -0.461 e. The number of hydrogen-bond acceptors (Lipinski definition) is 5. The maximum absolute atomic E-state index is 13.0. The molecule has 0 unspecified atom stereocenters. The second-order valence-corrected chi connectivity index (χ2v) is 7.40. The Morgan fingerprint density at radius 1 is 1.10 bits per heavy atom. The molecule has 0 atom stereocenters. The molecule has 2 aromatic carbocycles. The average molecular weight is 406 g/mol. The molecule has 2 aromatic heterocycles. The molecule has 4 rings (SSSR count). The van der Waals surface area contributed by atoms with E-state index in [4.69, 9.17) is 4.74 Å². The van der Waals surface area contributed by atoms with Crippen LogP contribution in [0.5, 0.6) is 0 Å². The molecule has 6 nitrogen and oxygen atoms in total. The predicted octanol–water partition coefficient (Wildman–Crippen LogP) is 5.50. The lowest BCUT2D eigenvalue weighted by molar-refractivity contribution is -0.384. The van der Waals surface area contributed by atoms with Gasteiger partial charge >= 0.3 is 5.97 Å². The molecule has 7 heteroatoms. The van der Waals surface area contributed by atoms with Crippen LogP contribution in [0.15, 0.2) is 66.0 Å². The number of carbonyl (C=O) groups excluding carboxylic acids is 1. The summed E-state index contributed by atoms with van der Waals surface area (Å²) in [7, 11) is 0. The van der Waals surface area contributed by atoms with Crippen LogP contribution in [-0.2, 0) is 11.3 Å². The molecule has 0 N–H and O–H groups in total. The smallest absolute Gasteiger partial charge is 0.355 e. The first kappa shape index (κ1) is 18.9. The van der Waals surface area contributed by atoms with E-state index < -0.39 is 4.92 Å². The normalized spacial score (nSPS) is 10.9. The first-order valence-corrected chi connectivity index (χ1v) is 10.0. The van der Waals surface area contributed by atoms with Crippen molar-refractivity contribution >= 4 is 33.9 Å². The van der Waals surface area contributed by atoms with E-state index in [0.717, 1.165) is 26.9 Å². The van der Waals surface area contributed by atoms with E-state index >= 15 is 0 Å². The van der Waals surface area contributed by atoms with Crippen LogP contribution in [0.2, 0.25) is 0 Å². The number of thiophene rings is 1. The Morgan fingerprint density at radius 2 is 1.86 bits per heavy atom. The molecule has 0 radical (unpaired) electrons. The van der Waals surface area contributed by atoms with Gasteiger partial charge in [-0.15, -0.1) is 11.3 Å². The van der Waals surface area contributed by atoms with Crippen LogP contribution in [0, 0.1) is 10.1 Å². The van der Waals surface area contributed by atoms with Gasteiger partial charge in [0.1, 0.15) is 5.69 Å². The number of ether oxygens (including phenoxy) is 1. The lowest BCUT2D eigenvalue weighted by Gasteiger charge is -2.11. The number of esters is 1. The van der Waals surface area contributed by atoms with Gasteiger partial charge in [0.15, 0.2) is 0 Å². The van der Waals surface area contributed by atoms with Crippen molar-refractivity contribution in [2.75, 3.05) is 6.61 Å². The van der Waals surface area contributed by atoms with Crippen molar-refractivity contribution in [2.24, 2.45) is 0 Å². The number of non-ortho nitro benzene ring substituents is 1. The number of rotatable bonds is 6. The fourth-order valence-electron chi connectivity index (χ4n) is 3.46. The van der Waals surface area contributed by atoms with E-state index in [1.165, 1.54) is 12.1 Å². The van der Waals surface area contributed by atoms with E-state index in [9.17, 15) is 14.9 Å². The number of fused-ring (bicyclic) bond motifs is 1. The van der Waals surface area contributed by atoms with Gasteiger partial charge in [-0.05, 0) is 30.0 Å². The monoisotopic (exact) mass is 406 g/mol. The maximum Gasteiger partial charge on any atom is 0.355 e. The molecule has 2 heterocycles. The van der Waals surface area contributed by atoms with Gasteiger partial charge in [0.25, 0.3) is 5.69 Å². The third-order valence-corrected chi connectivity index (χ3v) is 5.58. The summed E-state index contributed by atoms with van der Waals surface area (Å²) in [6, 6.07) is 18.2. The van der Waals surface area contributed by atoms with Crippen molar-refractivity contribution < 1.29 is 14.5 Å². The van der Waals surface area contributed by atoms with Crippen LogP contribution in [0.25, 0.3) is 21.3 Å². The summed E-state index contributed by atoms with van der Waals surface area (Å²) in [6.07, 6.45) is 0. The van der Waals surface area contributed by atoms with Crippen molar-refractivity contribution in [1.82, 2.24) is 4.57 Å². The van der Waals surface area contributed by atoms with Crippen molar-refractivity contribution in [3.8, 4) is 10.4 Å². The molecule has 146 valence electrons. The highest BCUT2D eigenvalue weighted by molar-refractivity contribution is 7.13. The molecule has 0 amide bonds. The second kappa shape index (κ2) is 7.89. The van der Waals surface area contributed by atoms with E-state index in [1.807, 2.05) is 46.3 Å². The number of nitrogens with zero attached hydrogens (tertiary/aromatic N) is 2. The van der Waals surface area contributed by atoms with Crippen LogP contribution in [0.3, 0.4) is 0 Å². The molecule has 4 aromatic rings. The molecular weight excluding hydrogens is 388 g/mol. The van der Waals surface area contributed by atoms with Crippen LogP contribution < -0.4 is 0 Å². The quantitative estimate of drug-likeness (QED) is 0.241. The predicted molar refractivity (Wildman–Crippen MR) is 113 cm³/mol. The van der Waals surface area contributed by atoms with Gasteiger partial charge in [-0.3, -0.25) is 10.1 Å². The summed E-state index contributed by atoms with van der Waals surface area (Å²) >= 11 is 1.57. The lowest BCUT2D eigenvalue weighted by Crippen LogP contribution is -2.14. The minimum absolute atomic E-state index is 0.0380. The molecule has 29 heavy (non-hydrogen) atoms. The summed E-state index contributed by atoms with van der Waals surface area (Å²) in [5.41, 5.74) is 3.16. The third kappa shape index (κ3) is 3.52. The molecule has 0 aliphatic carbocycles. The van der Waals surface area contributed by atoms with E-state index in [1.54, 1.807) is 30.4 Å². The van der Waals surface area contributed by atoms with Gasteiger partial charge in [-0.1, -0.05) is 36.4 Å². The van der Waals surface area contributed by atoms with Crippen LogP contribution in [-0.4, -0.2) is 22.1 Å². The number of nitro groups is 1. The number of carbonyl (C=O) groups is 1. The van der Waals surface area contributed by atoms with Crippen molar-refractivity contribution in [1.29, 1.82) is 0 Å². The van der Waals surface area contributed by atoms with Crippen molar-refractivity contribution in [3.05, 3.63) is 87.4 Å². The Morgan fingerprint density at radius 3 is 2.52 bits per heavy atom. The highest BCUT2D eigenvalue weighted by Crippen LogP contribution is 2.38. The van der Waals surface area contributed by atoms with Gasteiger partial charge in [0, 0.05) is 40.0 Å². The second-order valence-electron chi connectivity index (χ2n) is 6.45. The molecule has 0 fully saturated rings. The van der Waals surface area contributed by atoms with E-state index in [2.05, 4.69) is 0 Å². The molecule has 0 saturated carbocycles. The number of nitro benzene ring substituents is 1. The third-order valence-electron chi connectivity index (χ3n) is 4.70. The molecule has 0 aliphatic heterocycles. The summed E-state index contributed by atoms with van der Waals surface area (Å²) in [4.78, 5) is 24.5. The fraction of sp³-hybridized carbons (Fsp3) is 0.136. The standard InChI is InChI=1S/C22H18N2O4S/c1-2-28-22(25)21-20(19-8-5-13-29-19)17-6-3-4-7-18(17)23(21)14-15-9-11-16(12-10-15)24(26)27/h3-13H,2,14H2,1H3. The Hall–Kier alpha value is -3.45. The molecule has 0 aliphatic rings. The highest BCUT2D eigenvalue weighted by Gasteiger charge is 2.25. The highest BCUT2D eigenvalue weighted by atomic mass is 32.1. The first-order chi connectivity index (χ1) is 14.1. The lowest BCUT2D eigenvalue weighted by atomic mass is 10.1. The topological polar surface area (TPSA) is 74.4 Å². The van der Waals surface area contributed by atoms with Gasteiger partial charge in [0.05, 0.1) is 11.5 Å². The van der Waals surface area contributed by atoms with Gasteiger partial charge in [0.2, 0.25) is 0 Å². The van der Waals surface area contributed by atoms with Crippen LogP contribution >= 0.6 is 11.3 Å². The number of para-hydroxylation sites is 1. The zero-order valence-electron chi connectivity index (χ0n) is 15.7. The van der Waals surface area contributed by atoms with Gasteiger partial charge in [-0.2, -0.15) is 0 Å². The Balaban J connectivity index is 1.91. The summed E-state index contributed by atoms with van der Waals surface area (Å²) in [5.74, 6) is -0.381.